The van der Waals surface area contributed by atoms with Gasteiger partial charge in [0, 0.05) is 30.9 Å². The molecule has 7 nitrogen and oxygen atoms in total. The number of nitro benzene ring substituents is 1. The molecule has 2 heterocycles. The van der Waals surface area contributed by atoms with E-state index in [1.165, 1.54) is 17.0 Å². The third-order valence-electron chi connectivity index (χ3n) is 3.70. The molecule has 0 N–H and O–H groups in total. The van der Waals surface area contributed by atoms with Crippen molar-refractivity contribution in [3.63, 3.8) is 0 Å². The number of pyridine rings is 1. The lowest BCUT2D eigenvalue weighted by atomic mass is 10.1. The Balaban J connectivity index is 1.71. The van der Waals surface area contributed by atoms with E-state index in [1.807, 2.05) is 13.0 Å². The Kier molecular flexibility index (Phi) is 3.92. The molecule has 2 aromatic rings. The zero-order chi connectivity index (χ0) is 16.4. The first-order valence-electron chi connectivity index (χ1n) is 7.18. The maximum Gasteiger partial charge on any atom is 0.271 e. The van der Waals surface area contributed by atoms with Gasteiger partial charge in [0.1, 0.15) is 0 Å². The Labute approximate surface area is 132 Å². The Bertz CT molecular complexity index is 758. The van der Waals surface area contributed by atoms with Crippen LogP contribution in [0.15, 0.2) is 36.5 Å². The minimum atomic E-state index is -0.464. The van der Waals surface area contributed by atoms with Crippen molar-refractivity contribution in [3.8, 4) is 5.88 Å². The molecule has 3 rings (SSSR count). The minimum Gasteiger partial charge on any atom is -0.468 e. The summed E-state index contributed by atoms with van der Waals surface area (Å²) in [6, 6.07) is 8.14. The SMILES string of the molecule is Cc1ccc(OCC(=O)N2CCc3ccc([N+](=O)[O-])cc32)nc1. The van der Waals surface area contributed by atoms with E-state index in [-0.39, 0.29) is 18.2 Å². The highest BCUT2D eigenvalue weighted by Crippen LogP contribution is 2.31. The molecule has 1 aromatic heterocycles. The summed E-state index contributed by atoms with van der Waals surface area (Å²) in [5, 5.41) is 10.9. The van der Waals surface area contributed by atoms with Gasteiger partial charge in [-0.05, 0) is 24.5 Å². The number of nitrogens with zero attached hydrogens (tertiary/aromatic N) is 3. The molecule has 7 heteroatoms. The van der Waals surface area contributed by atoms with Crippen molar-refractivity contribution >= 4 is 17.3 Å². The lowest BCUT2D eigenvalue weighted by molar-refractivity contribution is -0.384. The molecule has 0 radical (unpaired) electrons. The Morgan fingerprint density at radius 3 is 2.91 bits per heavy atom. The molecule has 1 amide bonds. The summed E-state index contributed by atoms with van der Waals surface area (Å²) in [5.41, 5.74) is 2.50. The Morgan fingerprint density at radius 2 is 2.22 bits per heavy atom. The van der Waals surface area contributed by atoms with Gasteiger partial charge < -0.3 is 9.64 Å². The van der Waals surface area contributed by atoms with Crippen molar-refractivity contribution in [1.82, 2.24) is 4.98 Å². The minimum absolute atomic E-state index is 0.0235. The molecule has 23 heavy (non-hydrogen) atoms. The van der Waals surface area contributed by atoms with Crippen molar-refractivity contribution in [2.45, 2.75) is 13.3 Å². The monoisotopic (exact) mass is 313 g/mol. The van der Waals surface area contributed by atoms with Gasteiger partial charge in [0.05, 0.1) is 10.6 Å². The molecule has 1 aliphatic heterocycles. The van der Waals surface area contributed by atoms with Gasteiger partial charge >= 0.3 is 0 Å². The average molecular weight is 313 g/mol. The fourth-order valence-electron chi connectivity index (χ4n) is 2.49. The van der Waals surface area contributed by atoms with Crippen LogP contribution in [-0.4, -0.2) is 29.0 Å². The van der Waals surface area contributed by atoms with E-state index in [1.54, 1.807) is 18.3 Å². The number of carbonyl (C=O) groups is 1. The van der Waals surface area contributed by atoms with Crippen molar-refractivity contribution in [3.05, 3.63) is 57.8 Å². The Morgan fingerprint density at radius 1 is 1.39 bits per heavy atom. The quantitative estimate of drug-likeness (QED) is 0.638. The van der Waals surface area contributed by atoms with Gasteiger partial charge in [-0.3, -0.25) is 14.9 Å². The molecule has 0 aliphatic carbocycles. The van der Waals surface area contributed by atoms with Crippen LogP contribution in [0.5, 0.6) is 5.88 Å². The van der Waals surface area contributed by atoms with E-state index >= 15 is 0 Å². The first-order valence-corrected chi connectivity index (χ1v) is 7.18. The molecule has 0 atom stereocenters. The number of carbonyl (C=O) groups excluding carboxylic acids is 1. The molecule has 1 aliphatic rings. The van der Waals surface area contributed by atoms with Gasteiger partial charge in [-0.1, -0.05) is 12.1 Å². The van der Waals surface area contributed by atoms with E-state index in [4.69, 9.17) is 4.74 Å². The van der Waals surface area contributed by atoms with Crippen LogP contribution in [0.1, 0.15) is 11.1 Å². The van der Waals surface area contributed by atoms with Crippen LogP contribution in [0.2, 0.25) is 0 Å². The van der Waals surface area contributed by atoms with Crippen LogP contribution < -0.4 is 9.64 Å². The largest absolute Gasteiger partial charge is 0.468 e. The predicted octanol–water partition coefficient (Wildman–Crippen LogP) is 2.27. The number of amides is 1. The number of anilines is 1. The van der Waals surface area contributed by atoms with Crippen LogP contribution in [0.3, 0.4) is 0 Å². The lowest BCUT2D eigenvalue weighted by Gasteiger charge is -2.17. The van der Waals surface area contributed by atoms with Crippen molar-refractivity contribution in [2.24, 2.45) is 0 Å². The zero-order valence-corrected chi connectivity index (χ0v) is 12.6. The maximum absolute atomic E-state index is 12.3. The number of hydrogen-bond donors (Lipinski definition) is 0. The van der Waals surface area contributed by atoms with E-state index in [2.05, 4.69) is 4.98 Å². The number of benzene rings is 1. The van der Waals surface area contributed by atoms with Gasteiger partial charge in [-0.15, -0.1) is 0 Å². The molecular weight excluding hydrogens is 298 g/mol. The number of ether oxygens (including phenoxy) is 1. The van der Waals surface area contributed by atoms with Crippen molar-refractivity contribution in [1.29, 1.82) is 0 Å². The van der Waals surface area contributed by atoms with Crippen LogP contribution in [0.4, 0.5) is 11.4 Å². The maximum atomic E-state index is 12.3. The summed E-state index contributed by atoms with van der Waals surface area (Å²) in [5.74, 6) is 0.133. The number of nitro groups is 1. The zero-order valence-electron chi connectivity index (χ0n) is 12.6. The van der Waals surface area contributed by atoms with E-state index in [0.29, 0.717) is 24.5 Å². The molecule has 0 unspecified atom stereocenters. The summed E-state index contributed by atoms with van der Waals surface area (Å²) in [7, 11) is 0. The van der Waals surface area contributed by atoms with Crippen LogP contribution in [0.25, 0.3) is 0 Å². The van der Waals surface area contributed by atoms with E-state index in [0.717, 1.165) is 11.1 Å². The van der Waals surface area contributed by atoms with Gasteiger partial charge in [-0.25, -0.2) is 4.98 Å². The van der Waals surface area contributed by atoms with Crippen LogP contribution in [-0.2, 0) is 11.2 Å². The third kappa shape index (κ3) is 3.13. The second-order valence-electron chi connectivity index (χ2n) is 5.33. The number of rotatable bonds is 4. The molecule has 118 valence electrons. The highest BCUT2D eigenvalue weighted by Gasteiger charge is 2.27. The number of hydrogen-bond acceptors (Lipinski definition) is 5. The standard InChI is InChI=1S/C16H15N3O4/c1-11-2-5-15(17-9-11)23-10-16(20)18-7-6-12-3-4-13(19(21)22)8-14(12)18/h2-5,8-9H,6-7,10H2,1H3. The third-order valence-corrected chi connectivity index (χ3v) is 3.70. The molecule has 0 saturated carbocycles. The first kappa shape index (κ1) is 15.0. The summed E-state index contributed by atoms with van der Waals surface area (Å²) < 4.78 is 5.39. The van der Waals surface area contributed by atoms with Crippen molar-refractivity contribution < 1.29 is 14.5 Å². The highest BCUT2D eigenvalue weighted by atomic mass is 16.6. The molecule has 0 spiro atoms. The van der Waals surface area contributed by atoms with E-state index in [9.17, 15) is 14.9 Å². The summed E-state index contributed by atoms with van der Waals surface area (Å²) in [6.07, 6.45) is 2.34. The molecule has 0 saturated heterocycles. The topological polar surface area (TPSA) is 85.6 Å². The summed E-state index contributed by atoms with van der Waals surface area (Å²) in [4.78, 5) is 28.4. The van der Waals surface area contributed by atoms with Crippen molar-refractivity contribution in [2.75, 3.05) is 18.1 Å². The normalized spacial score (nSPS) is 12.8. The fourth-order valence-corrected chi connectivity index (χ4v) is 2.49. The predicted molar refractivity (Wildman–Crippen MR) is 83.6 cm³/mol. The first-order chi connectivity index (χ1) is 11.0. The number of non-ortho nitro benzene ring substituents is 1. The van der Waals surface area contributed by atoms with Gasteiger partial charge in [0.25, 0.3) is 11.6 Å². The summed E-state index contributed by atoms with van der Waals surface area (Å²) >= 11 is 0. The van der Waals surface area contributed by atoms with Crippen LogP contribution in [0, 0.1) is 17.0 Å². The average Bonchev–Trinajstić information content (AvgIpc) is 2.97. The van der Waals surface area contributed by atoms with Gasteiger partial charge in [0.2, 0.25) is 5.88 Å². The fraction of sp³-hybridized carbons (Fsp3) is 0.250. The second kappa shape index (κ2) is 6.04. The number of fused-ring (bicyclic) bond motifs is 1. The second-order valence-corrected chi connectivity index (χ2v) is 5.33. The number of aromatic nitrogens is 1. The van der Waals surface area contributed by atoms with Gasteiger partial charge in [-0.2, -0.15) is 0 Å². The molecule has 0 fully saturated rings. The summed E-state index contributed by atoms with van der Waals surface area (Å²) in [6.45, 7) is 2.26. The molecule has 0 bridgehead atoms. The highest BCUT2D eigenvalue weighted by molar-refractivity contribution is 5.96. The van der Waals surface area contributed by atoms with Crippen LogP contribution >= 0.6 is 0 Å². The van der Waals surface area contributed by atoms with E-state index < -0.39 is 4.92 Å². The smallest absolute Gasteiger partial charge is 0.271 e. The molecular formula is C16H15N3O4. The Hall–Kier alpha value is -2.96. The number of aryl methyl sites for hydroxylation is 1. The molecule has 1 aromatic carbocycles. The lowest BCUT2D eigenvalue weighted by Crippen LogP contribution is -2.33. The van der Waals surface area contributed by atoms with Gasteiger partial charge in [0.15, 0.2) is 6.61 Å².